The van der Waals surface area contributed by atoms with Gasteiger partial charge in [0.25, 0.3) is 0 Å². The zero-order valence-corrected chi connectivity index (χ0v) is 17.6. The molecule has 0 bridgehead atoms. The van der Waals surface area contributed by atoms with Crippen molar-refractivity contribution in [3.05, 3.63) is 47.3 Å². The van der Waals surface area contributed by atoms with Gasteiger partial charge >= 0.3 is 0 Å². The van der Waals surface area contributed by atoms with Crippen LogP contribution < -0.4 is 5.32 Å². The Morgan fingerprint density at radius 2 is 1.97 bits per heavy atom. The summed E-state index contributed by atoms with van der Waals surface area (Å²) in [5.41, 5.74) is 5.07. The SMILES string of the molecule is Cc1ccc(-c2ccc3nnc(CCC(=O)NCCCOC(C)C)n3n2)cc1C. The van der Waals surface area contributed by atoms with E-state index in [-0.39, 0.29) is 12.0 Å². The normalized spacial score (nSPS) is 11.3. The largest absolute Gasteiger partial charge is 0.379 e. The van der Waals surface area contributed by atoms with Crippen molar-refractivity contribution in [2.24, 2.45) is 0 Å². The number of hydrogen-bond donors (Lipinski definition) is 1. The second-order valence-corrected chi connectivity index (χ2v) is 7.53. The number of nitrogens with one attached hydrogen (secondary N) is 1. The molecule has 0 aliphatic heterocycles. The van der Waals surface area contributed by atoms with Crippen LogP contribution in [0.5, 0.6) is 0 Å². The average Bonchev–Trinajstić information content (AvgIpc) is 3.10. The van der Waals surface area contributed by atoms with Gasteiger partial charge in [-0.15, -0.1) is 10.2 Å². The Morgan fingerprint density at radius 3 is 2.72 bits per heavy atom. The molecule has 0 atom stereocenters. The minimum Gasteiger partial charge on any atom is -0.379 e. The number of fused-ring (bicyclic) bond motifs is 1. The molecule has 0 saturated carbocycles. The molecule has 154 valence electrons. The van der Waals surface area contributed by atoms with Crippen molar-refractivity contribution >= 4 is 11.6 Å². The number of ether oxygens (including phenoxy) is 1. The summed E-state index contributed by atoms with van der Waals surface area (Å²) in [6.07, 6.45) is 1.85. The molecule has 7 heteroatoms. The third-order valence-electron chi connectivity index (χ3n) is 4.80. The molecule has 0 radical (unpaired) electrons. The van der Waals surface area contributed by atoms with Crippen LogP contribution in [-0.2, 0) is 16.0 Å². The lowest BCUT2D eigenvalue weighted by Crippen LogP contribution is -2.26. The smallest absolute Gasteiger partial charge is 0.220 e. The Kier molecular flexibility index (Phi) is 6.93. The van der Waals surface area contributed by atoms with Crippen LogP contribution >= 0.6 is 0 Å². The number of nitrogens with zero attached hydrogens (tertiary/aromatic N) is 4. The van der Waals surface area contributed by atoms with Gasteiger partial charge in [0, 0.05) is 31.6 Å². The first kappa shape index (κ1) is 20.9. The third kappa shape index (κ3) is 5.60. The zero-order valence-electron chi connectivity index (χ0n) is 17.6. The summed E-state index contributed by atoms with van der Waals surface area (Å²) in [4.78, 5) is 12.1. The third-order valence-corrected chi connectivity index (χ3v) is 4.80. The number of rotatable bonds is 9. The maximum Gasteiger partial charge on any atom is 0.220 e. The number of carbonyl (C=O) groups is 1. The molecule has 2 aromatic heterocycles. The molecule has 7 nitrogen and oxygen atoms in total. The first-order valence-electron chi connectivity index (χ1n) is 10.1. The Balaban J connectivity index is 1.61. The predicted octanol–water partition coefficient (Wildman–Crippen LogP) is 3.27. The van der Waals surface area contributed by atoms with Crippen molar-refractivity contribution in [3.8, 4) is 11.3 Å². The molecular weight excluding hydrogens is 366 g/mol. The molecule has 0 spiro atoms. The van der Waals surface area contributed by atoms with Crippen LogP contribution in [0.3, 0.4) is 0 Å². The Bertz CT molecular complexity index is 980. The number of carbonyl (C=O) groups excluding carboxylic acids is 1. The van der Waals surface area contributed by atoms with E-state index in [0.29, 0.717) is 37.5 Å². The van der Waals surface area contributed by atoms with Gasteiger partial charge in [0.2, 0.25) is 5.91 Å². The van der Waals surface area contributed by atoms with Gasteiger partial charge in [-0.25, -0.2) is 0 Å². The number of benzene rings is 1. The van der Waals surface area contributed by atoms with Gasteiger partial charge in [-0.2, -0.15) is 9.61 Å². The monoisotopic (exact) mass is 395 g/mol. The highest BCUT2D eigenvalue weighted by molar-refractivity contribution is 5.76. The zero-order chi connectivity index (χ0) is 20.8. The van der Waals surface area contributed by atoms with Crippen molar-refractivity contribution < 1.29 is 9.53 Å². The molecule has 29 heavy (non-hydrogen) atoms. The lowest BCUT2D eigenvalue weighted by atomic mass is 10.0. The van der Waals surface area contributed by atoms with Crippen molar-refractivity contribution in [2.75, 3.05) is 13.2 Å². The van der Waals surface area contributed by atoms with Gasteiger partial charge in [-0.1, -0.05) is 12.1 Å². The minimum atomic E-state index is -0.00314. The second kappa shape index (κ2) is 9.60. The van der Waals surface area contributed by atoms with Crippen LogP contribution in [0.15, 0.2) is 30.3 Å². The van der Waals surface area contributed by atoms with Crippen LogP contribution in [-0.4, -0.2) is 45.0 Å². The molecule has 3 aromatic rings. The lowest BCUT2D eigenvalue weighted by Gasteiger charge is -2.08. The summed E-state index contributed by atoms with van der Waals surface area (Å²) in [5.74, 6) is 0.681. The molecule has 3 rings (SSSR count). The number of aryl methyl sites for hydroxylation is 3. The Morgan fingerprint density at radius 1 is 1.14 bits per heavy atom. The topological polar surface area (TPSA) is 81.4 Å². The van der Waals surface area contributed by atoms with Crippen LogP contribution in [0, 0.1) is 13.8 Å². The van der Waals surface area contributed by atoms with Crippen molar-refractivity contribution in [1.29, 1.82) is 0 Å². The summed E-state index contributed by atoms with van der Waals surface area (Å²) in [6, 6.07) is 10.1. The van der Waals surface area contributed by atoms with E-state index in [9.17, 15) is 4.79 Å². The van der Waals surface area contributed by atoms with E-state index >= 15 is 0 Å². The fourth-order valence-electron chi connectivity index (χ4n) is 2.98. The van der Waals surface area contributed by atoms with Crippen LogP contribution in [0.4, 0.5) is 0 Å². The van der Waals surface area contributed by atoms with Crippen molar-refractivity contribution in [3.63, 3.8) is 0 Å². The molecule has 1 aromatic carbocycles. The number of hydrogen-bond acceptors (Lipinski definition) is 5. The van der Waals surface area contributed by atoms with Gasteiger partial charge in [-0.3, -0.25) is 4.79 Å². The summed E-state index contributed by atoms with van der Waals surface area (Å²) in [6.45, 7) is 9.45. The molecule has 1 N–H and O–H groups in total. The molecule has 0 aliphatic rings. The fraction of sp³-hybridized carbons (Fsp3) is 0.455. The Labute approximate surface area is 171 Å². The summed E-state index contributed by atoms with van der Waals surface area (Å²) < 4.78 is 7.20. The molecule has 0 aliphatic carbocycles. The fourth-order valence-corrected chi connectivity index (χ4v) is 2.98. The highest BCUT2D eigenvalue weighted by atomic mass is 16.5. The maximum absolute atomic E-state index is 12.1. The highest BCUT2D eigenvalue weighted by Gasteiger charge is 2.11. The summed E-state index contributed by atoms with van der Waals surface area (Å²) in [7, 11) is 0. The van der Waals surface area contributed by atoms with Crippen LogP contribution in [0.1, 0.15) is 43.6 Å². The van der Waals surface area contributed by atoms with E-state index in [4.69, 9.17) is 9.84 Å². The van der Waals surface area contributed by atoms with E-state index < -0.39 is 0 Å². The second-order valence-electron chi connectivity index (χ2n) is 7.53. The first-order valence-corrected chi connectivity index (χ1v) is 10.1. The summed E-state index contributed by atoms with van der Waals surface area (Å²) >= 11 is 0. The van der Waals surface area contributed by atoms with Crippen molar-refractivity contribution in [1.82, 2.24) is 25.1 Å². The van der Waals surface area contributed by atoms with E-state index in [1.54, 1.807) is 4.52 Å². The van der Waals surface area contributed by atoms with Gasteiger partial charge in [0.15, 0.2) is 11.5 Å². The van der Waals surface area contributed by atoms with E-state index in [1.807, 2.05) is 26.0 Å². The van der Waals surface area contributed by atoms with Crippen LogP contribution in [0.25, 0.3) is 16.9 Å². The average molecular weight is 396 g/mol. The molecule has 0 fully saturated rings. The predicted molar refractivity (Wildman–Crippen MR) is 113 cm³/mol. The first-order chi connectivity index (χ1) is 13.9. The highest BCUT2D eigenvalue weighted by Crippen LogP contribution is 2.20. The minimum absolute atomic E-state index is 0.00314. The number of aromatic nitrogens is 4. The molecule has 2 heterocycles. The molecule has 0 unspecified atom stereocenters. The molecular formula is C22H29N5O2. The Hall–Kier alpha value is -2.80. The van der Waals surface area contributed by atoms with E-state index in [2.05, 4.69) is 47.6 Å². The molecule has 1 amide bonds. The number of amides is 1. The van der Waals surface area contributed by atoms with E-state index in [0.717, 1.165) is 17.7 Å². The van der Waals surface area contributed by atoms with Gasteiger partial charge in [0.1, 0.15) is 0 Å². The standard InChI is InChI=1S/C22H29N5O2/c1-15(2)29-13-5-12-23-22(28)11-10-21-25-24-20-9-8-19(26-27(20)21)18-7-6-16(3)17(4)14-18/h6-9,14-15H,5,10-13H2,1-4H3,(H,23,28). The van der Waals surface area contributed by atoms with Crippen molar-refractivity contribution in [2.45, 2.75) is 53.1 Å². The van der Waals surface area contributed by atoms with Crippen LogP contribution in [0.2, 0.25) is 0 Å². The summed E-state index contributed by atoms with van der Waals surface area (Å²) in [5, 5.41) is 16.0. The van der Waals surface area contributed by atoms with E-state index in [1.165, 1.54) is 11.1 Å². The van der Waals surface area contributed by atoms with Gasteiger partial charge < -0.3 is 10.1 Å². The quantitative estimate of drug-likeness (QED) is 0.563. The van der Waals surface area contributed by atoms with Gasteiger partial charge in [0.05, 0.1) is 11.8 Å². The lowest BCUT2D eigenvalue weighted by molar-refractivity contribution is -0.121. The maximum atomic E-state index is 12.1. The molecule has 0 saturated heterocycles. The van der Waals surface area contributed by atoms with Gasteiger partial charge in [-0.05, 0) is 63.4 Å².